The minimum Gasteiger partial charge on any atom is -0.478 e. The molecule has 0 bridgehead atoms. The first kappa shape index (κ1) is 13.6. The molecule has 3 nitrogen and oxygen atoms in total. The summed E-state index contributed by atoms with van der Waals surface area (Å²) in [7, 11) is 0. The quantitative estimate of drug-likeness (QED) is 0.902. The maximum atomic E-state index is 11.1. The Morgan fingerprint density at radius 3 is 2.47 bits per heavy atom. The lowest BCUT2D eigenvalue weighted by Gasteiger charge is -2.10. The van der Waals surface area contributed by atoms with Gasteiger partial charge in [-0.25, -0.2) is 4.79 Å². The SMILES string of the molecule is Cc1ccc(Oc2cc(Br)ccc2C(=O)O)cc1C. The fourth-order valence-corrected chi connectivity index (χ4v) is 2.00. The molecular weight excluding hydrogens is 308 g/mol. The highest BCUT2D eigenvalue weighted by molar-refractivity contribution is 9.10. The number of carboxylic acids is 1. The van der Waals surface area contributed by atoms with Crippen LogP contribution < -0.4 is 4.74 Å². The van der Waals surface area contributed by atoms with Gasteiger partial charge in [0.1, 0.15) is 17.1 Å². The van der Waals surface area contributed by atoms with Gasteiger partial charge in [0.05, 0.1) is 0 Å². The summed E-state index contributed by atoms with van der Waals surface area (Å²) in [5, 5.41) is 9.14. The highest BCUT2D eigenvalue weighted by Gasteiger charge is 2.12. The maximum Gasteiger partial charge on any atom is 0.339 e. The van der Waals surface area contributed by atoms with Crippen LogP contribution in [0.25, 0.3) is 0 Å². The van der Waals surface area contributed by atoms with Crippen molar-refractivity contribution in [2.24, 2.45) is 0 Å². The molecule has 0 aliphatic heterocycles. The minimum absolute atomic E-state index is 0.140. The van der Waals surface area contributed by atoms with E-state index in [1.807, 2.05) is 32.0 Å². The normalized spacial score (nSPS) is 10.3. The number of hydrogen-bond acceptors (Lipinski definition) is 2. The highest BCUT2D eigenvalue weighted by Crippen LogP contribution is 2.29. The van der Waals surface area contributed by atoms with Crippen LogP contribution in [-0.4, -0.2) is 11.1 Å². The number of benzene rings is 2. The molecule has 2 aromatic rings. The predicted octanol–water partition coefficient (Wildman–Crippen LogP) is 4.56. The van der Waals surface area contributed by atoms with Gasteiger partial charge in [-0.1, -0.05) is 22.0 Å². The van der Waals surface area contributed by atoms with Crippen molar-refractivity contribution in [2.75, 3.05) is 0 Å². The molecule has 0 radical (unpaired) electrons. The van der Waals surface area contributed by atoms with Gasteiger partial charge in [-0.05, 0) is 55.3 Å². The van der Waals surface area contributed by atoms with Crippen LogP contribution in [0.5, 0.6) is 11.5 Å². The van der Waals surface area contributed by atoms with Crippen molar-refractivity contribution in [2.45, 2.75) is 13.8 Å². The van der Waals surface area contributed by atoms with E-state index >= 15 is 0 Å². The average molecular weight is 321 g/mol. The average Bonchev–Trinajstić information content (AvgIpc) is 2.33. The Kier molecular flexibility index (Phi) is 3.90. The fraction of sp³-hybridized carbons (Fsp3) is 0.133. The second kappa shape index (κ2) is 5.45. The van der Waals surface area contributed by atoms with Crippen molar-refractivity contribution in [1.29, 1.82) is 0 Å². The molecule has 2 aromatic carbocycles. The topological polar surface area (TPSA) is 46.5 Å². The van der Waals surface area contributed by atoms with Gasteiger partial charge in [0.15, 0.2) is 0 Å². The van der Waals surface area contributed by atoms with Crippen molar-refractivity contribution < 1.29 is 14.6 Å². The Balaban J connectivity index is 2.39. The molecule has 0 aromatic heterocycles. The molecule has 0 unspecified atom stereocenters. The number of hydrogen-bond donors (Lipinski definition) is 1. The molecule has 0 saturated heterocycles. The van der Waals surface area contributed by atoms with Crippen LogP contribution in [0.3, 0.4) is 0 Å². The van der Waals surface area contributed by atoms with Gasteiger partial charge in [-0.15, -0.1) is 0 Å². The van der Waals surface area contributed by atoms with Crippen LogP contribution in [-0.2, 0) is 0 Å². The number of rotatable bonds is 3. The van der Waals surface area contributed by atoms with Crippen LogP contribution >= 0.6 is 15.9 Å². The summed E-state index contributed by atoms with van der Waals surface area (Å²) >= 11 is 3.31. The Labute approximate surface area is 120 Å². The molecule has 0 atom stereocenters. The zero-order valence-electron chi connectivity index (χ0n) is 10.6. The molecule has 0 amide bonds. The summed E-state index contributed by atoms with van der Waals surface area (Å²) in [6.07, 6.45) is 0. The molecule has 4 heteroatoms. The Morgan fingerprint density at radius 1 is 1.11 bits per heavy atom. The van der Waals surface area contributed by atoms with E-state index in [1.54, 1.807) is 12.1 Å². The molecule has 0 spiro atoms. The zero-order valence-corrected chi connectivity index (χ0v) is 12.2. The molecule has 1 N–H and O–H groups in total. The number of halogens is 1. The number of aromatic carboxylic acids is 1. The summed E-state index contributed by atoms with van der Waals surface area (Å²) < 4.78 is 6.45. The van der Waals surface area contributed by atoms with Gasteiger partial charge >= 0.3 is 5.97 Å². The summed E-state index contributed by atoms with van der Waals surface area (Å²) in [6.45, 7) is 4.00. The van der Waals surface area contributed by atoms with Gasteiger partial charge in [0, 0.05) is 4.47 Å². The zero-order chi connectivity index (χ0) is 14.0. The Bertz CT molecular complexity index is 635. The number of carbonyl (C=O) groups is 1. The van der Waals surface area contributed by atoms with E-state index in [4.69, 9.17) is 9.84 Å². The first-order valence-electron chi connectivity index (χ1n) is 5.75. The van der Waals surface area contributed by atoms with E-state index in [0.29, 0.717) is 11.5 Å². The second-order valence-electron chi connectivity index (χ2n) is 4.29. The summed E-state index contributed by atoms with van der Waals surface area (Å²) in [5.41, 5.74) is 2.41. The number of aryl methyl sites for hydroxylation is 2. The van der Waals surface area contributed by atoms with Crippen molar-refractivity contribution in [3.05, 3.63) is 57.6 Å². The monoisotopic (exact) mass is 320 g/mol. The predicted molar refractivity (Wildman–Crippen MR) is 77.1 cm³/mol. The molecule has 2 rings (SSSR count). The molecule has 0 fully saturated rings. The molecule has 19 heavy (non-hydrogen) atoms. The van der Waals surface area contributed by atoms with Crippen LogP contribution in [0.2, 0.25) is 0 Å². The maximum absolute atomic E-state index is 11.1. The first-order chi connectivity index (χ1) is 8.97. The van der Waals surface area contributed by atoms with E-state index in [1.165, 1.54) is 11.6 Å². The largest absolute Gasteiger partial charge is 0.478 e. The highest BCUT2D eigenvalue weighted by atomic mass is 79.9. The standard InChI is InChI=1S/C15H13BrO3/c1-9-3-5-12(7-10(9)2)19-14-8-11(16)4-6-13(14)15(17)18/h3-8H,1-2H3,(H,17,18). The van der Waals surface area contributed by atoms with Gasteiger partial charge in [0.25, 0.3) is 0 Å². The molecule has 0 heterocycles. The van der Waals surface area contributed by atoms with E-state index in [2.05, 4.69) is 15.9 Å². The summed E-state index contributed by atoms with van der Waals surface area (Å²) in [5.74, 6) is -0.0554. The van der Waals surface area contributed by atoms with E-state index in [9.17, 15) is 4.79 Å². The van der Waals surface area contributed by atoms with E-state index in [-0.39, 0.29) is 5.56 Å². The molecule has 0 aliphatic rings. The van der Waals surface area contributed by atoms with Crippen molar-refractivity contribution in [3.63, 3.8) is 0 Å². The van der Waals surface area contributed by atoms with Crippen LogP contribution in [0.4, 0.5) is 0 Å². The van der Waals surface area contributed by atoms with Crippen molar-refractivity contribution >= 4 is 21.9 Å². The Morgan fingerprint density at radius 2 is 1.84 bits per heavy atom. The third kappa shape index (κ3) is 3.15. The van der Waals surface area contributed by atoms with Gasteiger partial charge in [-0.2, -0.15) is 0 Å². The van der Waals surface area contributed by atoms with E-state index in [0.717, 1.165) is 10.0 Å². The molecule has 98 valence electrons. The van der Waals surface area contributed by atoms with Gasteiger partial charge in [-0.3, -0.25) is 0 Å². The molecule has 0 saturated carbocycles. The fourth-order valence-electron chi connectivity index (χ4n) is 1.66. The van der Waals surface area contributed by atoms with Crippen molar-refractivity contribution in [1.82, 2.24) is 0 Å². The molecule has 0 aliphatic carbocycles. The summed E-state index contributed by atoms with van der Waals surface area (Å²) in [6, 6.07) is 10.5. The molecular formula is C15H13BrO3. The van der Waals surface area contributed by atoms with Crippen molar-refractivity contribution in [3.8, 4) is 11.5 Å². The number of ether oxygens (including phenoxy) is 1. The lowest BCUT2D eigenvalue weighted by atomic mass is 10.1. The van der Waals surface area contributed by atoms with Crippen LogP contribution in [0.15, 0.2) is 40.9 Å². The second-order valence-corrected chi connectivity index (χ2v) is 5.21. The Hall–Kier alpha value is -1.81. The number of carboxylic acid groups (broad SMARTS) is 1. The third-order valence-electron chi connectivity index (χ3n) is 2.88. The summed E-state index contributed by atoms with van der Waals surface area (Å²) in [4.78, 5) is 11.1. The smallest absolute Gasteiger partial charge is 0.339 e. The van der Waals surface area contributed by atoms with Gasteiger partial charge < -0.3 is 9.84 Å². The van der Waals surface area contributed by atoms with Gasteiger partial charge in [0.2, 0.25) is 0 Å². The lowest BCUT2D eigenvalue weighted by molar-refractivity contribution is 0.0694. The van der Waals surface area contributed by atoms with E-state index < -0.39 is 5.97 Å². The van der Waals surface area contributed by atoms with Crippen LogP contribution in [0, 0.1) is 13.8 Å². The minimum atomic E-state index is -1.01. The van der Waals surface area contributed by atoms with Crippen LogP contribution in [0.1, 0.15) is 21.5 Å². The lowest BCUT2D eigenvalue weighted by Crippen LogP contribution is -2.00. The first-order valence-corrected chi connectivity index (χ1v) is 6.54. The third-order valence-corrected chi connectivity index (χ3v) is 3.37.